The molecule has 0 aromatic rings. The van der Waals surface area contributed by atoms with Gasteiger partial charge in [-0.15, -0.1) is 0 Å². The fourth-order valence-electron chi connectivity index (χ4n) is 2.51. The van der Waals surface area contributed by atoms with Crippen LogP contribution in [0.4, 0.5) is 0 Å². The largest absolute Gasteiger partial charge is 0.383 e. The number of rotatable bonds is 6. The zero-order chi connectivity index (χ0) is 10.7. The first-order chi connectivity index (χ1) is 7.33. The lowest BCUT2D eigenvalue weighted by Crippen LogP contribution is -2.42. The minimum atomic E-state index is 0.541. The predicted molar refractivity (Wildman–Crippen MR) is 62.1 cm³/mol. The Kier molecular flexibility index (Phi) is 4.00. The van der Waals surface area contributed by atoms with Crippen molar-refractivity contribution in [1.29, 1.82) is 0 Å². The molecule has 2 rings (SSSR count). The predicted octanol–water partition coefficient (Wildman–Crippen LogP) is 1.24. The van der Waals surface area contributed by atoms with Gasteiger partial charge in [-0.3, -0.25) is 4.90 Å². The zero-order valence-electron chi connectivity index (χ0n) is 10.0. The molecule has 15 heavy (non-hydrogen) atoms. The molecule has 1 aliphatic carbocycles. The Balaban J connectivity index is 1.70. The van der Waals surface area contributed by atoms with Gasteiger partial charge in [-0.1, -0.05) is 6.92 Å². The van der Waals surface area contributed by atoms with Crippen molar-refractivity contribution in [1.82, 2.24) is 10.2 Å². The van der Waals surface area contributed by atoms with Crippen LogP contribution in [0.2, 0.25) is 0 Å². The molecule has 0 aromatic carbocycles. The minimum Gasteiger partial charge on any atom is -0.383 e. The molecule has 1 aliphatic heterocycles. The number of nitrogens with one attached hydrogen (secondary N) is 1. The van der Waals surface area contributed by atoms with E-state index in [2.05, 4.69) is 17.1 Å². The van der Waals surface area contributed by atoms with E-state index in [0.717, 1.165) is 19.1 Å². The van der Waals surface area contributed by atoms with Crippen molar-refractivity contribution < 1.29 is 4.74 Å². The van der Waals surface area contributed by atoms with Crippen LogP contribution in [0.15, 0.2) is 0 Å². The van der Waals surface area contributed by atoms with Gasteiger partial charge in [0.1, 0.15) is 0 Å². The molecule has 2 unspecified atom stereocenters. The summed E-state index contributed by atoms with van der Waals surface area (Å²) in [5.41, 5.74) is 0. The fourth-order valence-corrected chi connectivity index (χ4v) is 2.51. The fraction of sp³-hybridized carbons (Fsp3) is 1.00. The molecular weight excluding hydrogens is 188 g/mol. The molecule has 2 atom stereocenters. The Morgan fingerprint density at radius 3 is 2.80 bits per heavy atom. The monoisotopic (exact) mass is 212 g/mol. The maximum absolute atomic E-state index is 5.22. The molecule has 3 nitrogen and oxygen atoms in total. The highest BCUT2D eigenvalue weighted by Crippen LogP contribution is 2.29. The third kappa shape index (κ3) is 3.16. The van der Waals surface area contributed by atoms with Crippen LogP contribution in [-0.2, 0) is 4.74 Å². The van der Waals surface area contributed by atoms with Gasteiger partial charge < -0.3 is 10.1 Å². The third-order valence-electron chi connectivity index (χ3n) is 3.61. The van der Waals surface area contributed by atoms with Crippen LogP contribution in [-0.4, -0.2) is 49.8 Å². The molecule has 2 fully saturated rings. The first kappa shape index (κ1) is 11.4. The van der Waals surface area contributed by atoms with Gasteiger partial charge in [0, 0.05) is 38.3 Å². The van der Waals surface area contributed by atoms with Gasteiger partial charge >= 0.3 is 0 Å². The number of hydrogen-bond donors (Lipinski definition) is 1. The summed E-state index contributed by atoms with van der Waals surface area (Å²) in [5.74, 6) is 0. The molecule has 0 bridgehead atoms. The standard InChI is InChI=1S/C12H24N2O/c1-3-10(9-15-2)13-11-6-7-14(8-11)12-4-5-12/h10-13H,3-9H2,1-2H3. The second kappa shape index (κ2) is 5.28. The van der Waals surface area contributed by atoms with E-state index in [9.17, 15) is 0 Å². The molecule has 0 spiro atoms. The number of nitrogens with zero attached hydrogens (tertiary/aromatic N) is 1. The van der Waals surface area contributed by atoms with E-state index in [4.69, 9.17) is 4.74 Å². The van der Waals surface area contributed by atoms with Crippen molar-refractivity contribution in [2.75, 3.05) is 26.8 Å². The van der Waals surface area contributed by atoms with Crippen LogP contribution in [0.25, 0.3) is 0 Å². The second-order valence-corrected chi connectivity index (χ2v) is 4.94. The molecule has 0 amide bonds. The molecule has 0 aromatic heterocycles. The number of hydrogen-bond acceptors (Lipinski definition) is 3. The van der Waals surface area contributed by atoms with Crippen molar-refractivity contribution in [3.8, 4) is 0 Å². The summed E-state index contributed by atoms with van der Waals surface area (Å²) < 4.78 is 5.22. The highest BCUT2D eigenvalue weighted by atomic mass is 16.5. The van der Waals surface area contributed by atoms with Crippen LogP contribution in [0, 0.1) is 0 Å². The summed E-state index contributed by atoms with van der Waals surface area (Å²) in [7, 11) is 1.79. The van der Waals surface area contributed by atoms with E-state index in [-0.39, 0.29) is 0 Å². The number of ether oxygens (including phenoxy) is 1. The van der Waals surface area contributed by atoms with Gasteiger partial charge in [0.15, 0.2) is 0 Å². The Bertz CT molecular complexity index is 194. The summed E-state index contributed by atoms with van der Waals surface area (Å²) >= 11 is 0. The second-order valence-electron chi connectivity index (χ2n) is 4.94. The smallest absolute Gasteiger partial charge is 0.0615 e. The van der Waals surface area contributed by atoms with Crippen molar-refractivity contribution >= 4 is 0 Å². The Morgan fingerprint density at radius 1 is 1.40 bits per heavy atom. The van der Waals surface area contributed by atoms with Crippen molar-refractivity contribution in [3.05, 3.63) is 0 Å². The summed E-state index contributed by atoms with van der Waals surface area (Å²) in [4.78, 5) is 2.65. The topological polar surface area (TPSA) is 24.5 Å². The molecule has 3 heteroatoms. The molecule has 1 saturated carbocycles. The lowest BCUT2D eigenvalue weighted by Gasteiger charge is -2.21. The average Bonchev–Trinajstić information content (AvgIpc) is 2.99. The Hall–Kier alpha value is -0.120. The molecule has 2 aliphatic rings. The highest BCUT2D eigenvalue weighted by molar-refractivity contribution is 4.92. The zero-order valence-corrected chi connectivity index (χ0v) is 10.0. The normalized spacial score (nSPS) is 29.6. The molecule has 1 N–H and O–H groups in total. The molecule has 0 radical (unpaired) electrons. The van der Waals surface area contributed by atoms with Crippen LogP contribution >= 0.6 is 0 Å². The van der Waals surface area contributed by atoms with E-state index in [1.54, 1.807) is 7.11 Å². The van der Waals surface area contributed by atoms with Gasteiger partial charge in [0.2, 0.25) is 0 Å². The van der Waals surface area contributed by atoms with Crippen LogP contribution < -0.4 is 5.32 Å². The van der Waals surface area contributed by atoms with E-state index < -0.39 is 0 Å². The van der Waals surface area contributed by atoms with Crippen LogP contribution in [0.5, 0.6) is 0 Å². The summed E-state index contributed by atoms with van der Waals surface area (Å²) in [6.45, 7) is 5.62. The van der Waals surface area contributed by atoms with E-state index in [1.165, 1.54) is 32.4 Å². The SMILES string of the molecule is CCC(COC)NC1CCN(C2CC2)C1. The molecule has 1 heterocycles. The highest BCUT2D eigenvalue weighted by Gasteiger charge is 2.34. The lowest BCUT2D eigenvalue weighted by atomic mass is 10.2. The lowest BCUT2D eigenvalue weighted by molar-refractivity contribution is 0.158. The summed E-state index contributed by atoms with van der Waals surface area (Å²) in [6, 6.07) is 2.17. The van der Waals surface area contributed by atoms with E-state index >= 15 is 0 Å². The third-order valence-corrected chi connectivity index (χ3v) is 3.61. The van der Waals surface area contributed by atoms with Gasteiger partial charge in [0.05, 0.1) is 6.61 Å². The van der Waals surface area contributed by atoms with E-state index in [0.29, 0.717) is 12.1 Å². The van der Waals surface area contributed by atoms with Crippen LogP contribution in [0.1, 0.15) is 32.6 Å². The quantitative estimate of drug-likeness (QED) is 0.717. The molecular formula is C12H24N2O. The van der Waals surface area contributed by atoms with Gasteiger partial charge in [0.25, 0.3) is 0 Å². The minimum absolute atomic E-state index is 0.541. The van der Waals surface area contributed by atoms with Crippen molar-refractivity contribution in [2.24, 2.45) is 0 Å². The summed E-state index contributed by atoms with van der Waals surface area (Å²) in [6.07, 6.45) is 5.34. The number of likely N-dealkylation sites (tertiary alicyclic amines) is 1. The van der Waals surface area contributed by atoms with Gasteiger partial charge in [-0.2, -0.15) is 0 Å². The number of methoxy groups -OCH3 is 1. The first-order valence-corrected chi connectivity index (χ1v) is 6.32. The maximum atomic E-state index is 5.22. The average molecular weight is 212 g/mol. The van der Waals surface area contributed by atoms with Crippen molar-refractivity contribution in [2.45, 2.75) is 50.7 Å². The van der Waals surface area contributed by atoms with Crippen molar-refractivity contribution in [3.63, 3.8) is 0 Å². The van der Waals surface area contributed by atoms with Gasteiger partial charge in [-0.05, 0) is 25.7 Å². The molecule has 88 valence electrons. The van der Waals surface area contributed by atoms with Crippen LogP contribution in [0.3, 0.4) is 0 Å². The van der Waals surface area contributed by atoms with E-state index in [1.807, 2.05) is 0 Å². The van der Waals surface area contributed by atoms with Gasteiger partial charge in [-0.25, -0.2) is 0 Å². The first-order valence-electron chi connectivity index (χ1n) is 6.32. The Labute approximate surface area is 93.2 Å². The molecule has 1 saturated heterocycles. The Morgan fingerprint density at radius 2 is 2.20 bits per heavy atom. The maximum Gasteiger partial charge on any atom is 0.0615 e. The summed E-state index contributed by atoms with van der Waals surface area (Å²) in [5, 5.41) is 3.71.